The summed E-state index contributed by atoms with van der Waals surface area (Å²) >= 11 is 1.80. The zero-order chi connectivity index (χ0) is 13.8. The van der Waals surface area contributed by atoms with E-state index in [1.165, 1.54) is 5.00 Å². The summed E-state index contributed by atoms with van der Waals surface area (Å²) in [6.45, 7) is 6.58. The van der Waals surface area contributed by atoms with Gasteiger partial charge in [0.15, 0.2) is 0 Å². The molecule has 6 heteroatoms. The first kappa shape index (κ1) is 13.2. The minimum Gasteiger partial charge on any atom is -0.478 e. The second-order valence-electron chi connectivity index (χ2n) is 4.57. The molecule has 5 nitrogen and oxygen atoms in total. The van der Waals surface area contributed by atoms with E-state index in [0.29, 0.717) is 12.5 Å². The lowest BCUT2D eigenvalue weighted by molar-refractivity contribution is 0.326. The molecule has 0 atom stereocenters. The fourth-order valence-corrected chi connectivity index (χ4v) is 3.12. The van der Waals surface area contributed by atoms with E-state index in [9.17, 15) is 0 Å². The molecule has 1 fully saturated rings. The van der Waals surface area contributed by atoms with Crippen molar-refractivity contribution in [3.8, 4) is 5.88 Å². The van der Waals surface area contributed by atoms with Crippen LogP contribution in [0.2, 0.25) is 0 Å². The average Bonchev–Trinajstić information content (AvgIpc) is 3.02. The van der Waals surface area contributed by atoms with E-state index in [-0.39, 0.29) is 0 Å². The third-order valence-electron chi connectivity index (χ3n) is 3.34. The largest absolute Gasteiger partial charge is 0.478 e. The quantitative estimate of drug-likeness (QED) is 0.864. The van der Waals surface area contributed by atoms with Gasteiger partial charge in [-0.1, -0.05) is 0 Å². The molecule has 0 unspecified atom stereocenters. The number of piperazine rings is 1. The first-order chi connectivity index (χ1) is 9.86. The van der Waals surface area contributed by atoms with Gasteiger partial charge in [-0.2, -0.15) is 0 Å². The van der Waals surface area contributed by atoms with Crippen LogP contribution in [-0.2, 0) is 0 Å². The van der Waals surface area contributed by atoms with Gasteiger partial charge in [-0.25, -0.2) is 9.97 Å². The zero-order valence-electron chi connectivity index (χ0n) is 11.5. The number of hydrogen-bond donors (Lipinski definition) is 0. The number of anilines is 2. The Morgan fingerprint density at radius 3 is 2.70 bits per heavy atom. The van der Waals surface area contributed by atoms with Gasteiger partial charge in [0.2, 0.25) is 5.88 Å². The molecule has 1 saturated heterocycles. The van der Waals surface area contributed by atoms with Gasteiger partial charge in [-0.05, 0) is 24.4 Å². The molecule has 0 bridgehead atoms. The van der Waals surface area contributed by atoms with Gasteiger partial charge in [0.25, 0.3) is 0 Å². The Morgan fingerprint density at radius 2 is 2.00 bits per heavy atom. The van der Waals surface area contributed by atoms with Gasteiger partial charge in [0.1, 0.15) is 12.1 Å². The number of hydrogen-bond acceptors (Lipinski definition) is 6. The van der Waals surface area contributed by atoms with E-state index in [1.807, 2.05) is 13.0 Å². The number of aromatic nitrogens is 2. The highest BCUT2D eigenvalue weighted by Crippen LogP contribution is 2.24. The number of nitrogens with zero attached hydrogens (tertiary/aromatic N) is 4. The smallest absolute Gasteiger partial charge is 0.218 e. The average molecular weight is 290 g/mol. The Labute approximate surface area is 122 Å². The van der Waals surface area contributed by atoms with Crippen molar-refractivity contribution < 1.29 is 4.74 Å². The van der Waals surface area contributed by atoms with Crippen molar-refractivity contribution in [1.29, 1.82) is 0 Å². The van der Waals surface area contributed by atoms with E-state index in [1.54, 1.807) is 17.7 Å². The van der Waals surface area contributed by atoms with E-state index in [2.05, 4.69) is 37.3 Å². The second-order valence-corrected chi connectivity index (χ2v) is 5.50. The molecule has 1 aliphatic heterocycles. The van der Waals surface area contributed by atoms with Gasteiger partial charge < -0.3 is 14.5 Å². The molecule has 0 spiro atoms. The Hall–Kier alpha value is -1.82. The highest BCUT2D eigenvalue weighted by Gasteiger charge is 2.19. The van der Waals surface area contributed by atoms with Crippen LogP contribution in [0, 0.1) is 0 Å². The molecule has 0 N–H and O–H groups in total. The third kappa shape index (κ3) is 2.85. The minimum atomic E-state index is 0.628. The van der Waals surface area contributed by atoms with Gasteiger partial charge in [-0.15, -0.1) is 11.3 Å². The Balaban J connectivity index is 1.64. The van der Waals surface area contributed by atoms with E-state index >= 15 is 0 Å². The zero-order valence-corrected chi connectivity index (χ0v) is 12.3. The SMILES string of the molecule is CCOc1cc(N2CCN(c3cccs3)CC2)ncn1. The first-order valence-corrected chi connectivity index (χ1v) is 7.73. The van der Waals surface area contributed by atoms with Gasteiger partial charge in [0.05, 0.1) is 11.6 Å². The second kappa shape index (κ2) is 6.09. The maximum Gasteiger partial charge on any atom is 0.218 e. The summed E-state index contributed by atoms with van der Waals surface area (Å²) in [6, 6.07) is 6.20. The van der Waals surface area contributed by atoms with Crippen molar-refractivity contribution in [2.75, 3.05) is 42.6 Å². The lowest BCUT2D eigenvalue weighted by Crippen LogP contribution is -2.46. The van der Waals surface area contributed by atoms with Crippen LogP contribution in [0.15, 0.2) is 29.9 Å². The molecule has 2 aromatic heterocycles. The highest BCUT2D eigenvalue weighted by atomic mass is 32.1. The van der Waals surface area contributed by atoms with Crippen LogP contribution in [0.5, 0.6) is 5.88 Å². The van der Waals surface area contributed by atoms with Crippen molar-refractivity contribution in [3.05, 3.63) is 29.9 Å². The van der Waals surface area contributed by atoms with Crippen molar-refractivity contribution in [3.63, 3.8) is 0 Å². The molecular formula is C14H18N4OS. The van der Waals surface area contributed by atoms with E-state index in [0.717, 1.165) is 32.0 Å². The maximum atomic E-state index is 5.43. The summed E-state index contributed by atoms with van der Waals surface area (Å²) in [5.41, 5.74) is 0. The fraction of sp³-hybridized carbons (Fsp3) is 0.429. The predicted molar refractivity (Wildman–Crippen MR) is 81.9 cm³/mol. The summed E-state index contributed by atoms with van der Waals surface area (Å²) < 4.78 is 5.43. The van der Waals surface area contributed by atoms with Crippen LogP contribution < -0.4 is 14.5 Å². The van der Waals surface area contributed by atoms with Crippen molar-refractivity contribution in [2.24, 2.45) is 0 Å². The Kier molecular flexibility index (Phi) is 4.01. The standard InChI is InChI=1S/C14H18N4OS/c1-2-19-13-10-12(15-11-16-13)17-5-7-18(8-6-17)14-4-3-9-20-14/h3-4,9-11H,2,5-8H2,1H3. The van der Waals surface area contributed by atoms with Crippen molar-refractivity contribution >= 4 is 22.2 Å². The molecular weight excluding hydrogens is 272 g/mol. The summed E-state index contributed by atoms with van der Waals surface area (Å²) in [4.78, 5) is 13.2. The lowest BCUT2D eigenvalue weighted by Gasteiger charge is -2.35. The van der Waals surface area contributed by atoms with Crippen molar-refractivity contribution in [2.45, 2.75) is 6.92 Å². The van der Waals surface area contributed by atoms with Crippen molar-refractivity contribution in [1.82, 2.24) is 9.97 Å². The topological polar surface area (TPSA) is 41.5 Å². The summed E-state index contributed by atoms with van der Waals surface area (Å²) in [6.07, 6.45) is 1.58. The molecule has 0 radical (unpaired) electrons. The monoisotopic (exact) mass is 290 g/mol. The molecule has 3 rings (SSSR count). The van der Waals surface area contributed by atoms with Gasteiger partial charge in [0, 0.05) is 32.2 Å². The van der Waals surface area contributed by atoms with Gasteiger partial charge in [-0.3, -0.25) is 0 Å². The van der Waals surface area contributed by atoms with Crippen LogP contribution in [0.4, 0.5) is 10.8 Å². The van der Waals surface area contributed by atoms with Crippen LogP contribution in [-0.4, -0.2) is 42.8 Å². The molecule has 0 saturated carbocycles. The molecule has 0 aromatic carbocycles. The number of rotatable bonds is 4. The molecule has 20 heavy (non-hydrogen) atoms. The predicted octanol–water partition coefficient (Wildman–Crippen LogP) is 2.26. The summed E-state index contributed by atoms with van der Waals surface area (Å²) in [7, 11) is 0. The summed E-state index contributed by atoms with van der Waals surface area (Å²) in [5.74, 6) is 1.60. The van der Waals surface area contributed by atoms with Crippen LogP contribution in [0.1, 0.15) is 6.92 Å². The van der Waals surface area contributed by atoms with Gasteiger partial charge >= 0.3 is 0 Å². The molecule has 2 aromatic rings. The van der Waals surface area contributed by atoms with Crippen LogP contribution >= 0.6 is 11.3 Å². The Bertz CT molecular complexity index is 538. The first-order valence-electron chi connectivity index (χ1n) is 6.85. The number of thiophene rings is 1. The minimum absolute atomic E-state index is 0.628. The number of ether oxygens (including phenoxy) is 1. The normalized spacial score (nSPS) is 15.4. The summed E-state index contributed by atoms with van der Waals surface area (Å²) in [5, 5.41) is 3.47. The molecule has 1 aliphatic rings. The fourth-order valence-electron chi connectivity index (χ4n) is 2.34. The molecule has 3 heterocycles. The van der Waals surface area contributed by atoms with Crippen LogP contribution in [0.3, 0.4) is 0 Å². The highest BCUT2D eigenvalue weighted by molar-refractivity contribution is 7.14. The van der Waals surface area contributed by atoms with E-state index in [4.69, 9.17) is 4.74 Å². The molecule has 0 amide bonds. The molecule has 0 aliphatic carbocycles. The third-order valence-corrected chi connectivity index (χ3v) is 4.27. The van der Waals surface area contributed by atoms with Crippen LogP contribution in [0.25, 0.3) is 0 Å². The molecule has 106 valence electrons. The maximum absolute atomic E-state index is 5.43. The van der Waals surface area contributed by atoms with E-state index < -0.39 is 0 Å². The lowest BCUT2D eigenvalue weighted by atomic mass is 10.3. The Morgan fingerprint density at radius 1 is 1.20 bits per heavy atom.